The largest absolute Gasteiger partial charge is 0.375 e. The first-order chi connectivity index (χ1) is 8.16. The second kappa shape index (κ2) is 5.83. The summed E-state index contributed by atoms with van der Waals surface area (Å²) in [5.41, 5.74) is 0. The first-order valence-corrected chi connectivity index (χ1v) is 6.78. The van der Waals surface area contributed by atoms with Crippen LogP contribution in [0.1, 0.15) is 33.1 Å². The summed E-state index contributed by atoms with van der Waals surface area (Å²) >= 11 is 0. The quantitative estimate of drug-likeness (QED) is 0.783. The van der Waals surface area contributed by atoms with E-state index in [-0.39, 0.29) is 12.1 Å². The highest BCUT2D eigenvalue weighted by molar-refractivity contribution is 5.77. The predicted octanol–water partition coefficient (Wildman–Crippen LogP) is 1.01. The van der Waals surface area contributed by atoms with Gasteiger partial charge in [0.1, 0.15) is 0 Å². The molecule has 0 aliphatic carbocycles. The van der Waals surface area contributed by atoms with Gasteiger partial charge in [0.2, 0.25) is 5.91 Å². The average Bonchev–Trinajstić information content (AvgIpc) is 2.33. The van der Waals surface area contributed by atoms with Crippen LogP contribution in [-0.2, 0) is 9.53 Å². The Morgan fingerprint density at radius 2 is 2.06 bits per heavy atom. The fourth-order valence-corrected chi connectivity index (χ4v) is 2.70. The molecule has 2 fully saturated rings. The molecule has 0 radical (unpaired) electrons. The van der Waals surface area contributed by atoms with Gasteiger partial charge in [-0.3, -0.25) is 4.79 Å². The van der Waals surface area contributed by atoms with Crippen LogP contribution in [0.25, 0.3) is 0 Å². The van der Waals surface area contributed by atoms with E-state index in [1.54, 1.807) is 0 Å². The van der Waals surface area contributed by atoms with E-state index in [2.05, 4.69) is 12.2 Å². The zero-order valence-corrected chi connectivity index (χ0v) is 10.9. The average molecular weight is 240 g/mol. The number of carbonyl (C=O) groups is 1. The number of carbonyl (C=O) groups excluding carboxylic acids is 1. The molecule has 2 aliphatic rings. The van der Waals surface area contributed by atoms with Gasteiger partial charge in [-0.25, -0.2) is 0 Å². The number of amides is 1. The van der Waals surface area contributed by atoms with Crippen LogP contribution in [0.15, 0.2) is 0 Å². The van der Waals surface area contributed by atoms with Crippen molar-refractivity contribution in [3.05, 3.63) is 0 Å². The second-order valence-corrected chi connectivity index (χ2v) is 5.44. The minimum absolute atomic E-state index is 0.183. The molecule has 1 amide bonds. The van der Waals surface area contributed by atoms with Gasteiger partial charge in [-0.2, -0.15) is 0 Å². The van der Waals surface area contributed by atoms with Gasteiger partial charge >= 0.3 is 0 Å². The summed E-state index contributed by atoms with van der Waals surface area (Å²) in [5.74, 6) is 0.897. The third kappa shape index (κ3) is 3.42. The van der Waals surface area contributed by atoms with Crippen LogP contribution >= 0.6 is 0 Å². The fourth-order valence-electron chi connectivity index (χ4n) is 2.70. The molecule has 0 aromatic carbocycles. The summed E-state index contributed by atoms with van der Waals surface area (Å²) in [7, 11) is 0. The lowest BCUT2D eigenvalue weighted by molar-refractivity contribution is -0.144. The van der Waals surface area contributed by atoms with E-state index < -0.39 is 0 Å². The molecule has 17 heavy (non-hydrogen) atoms. The minimum atomic E-state index is 0.183. The third-order valence-electron chi connectivity index (χ3n) is 3.85. The molecular weight excluding hydrogens is 216 g/mol. The molecule has 0 bridgehead atoms. The molecule has 2 atom stereocenters. The van der Waals surface area contributed by atoms with Crippen molar-refractivity contribution in [3.63, 3.8) is 0 Å². The normalized spacial score (nSPS) is 31.5. The van der Waals surface area contributed by atoms with E-state index >= 15 is 0 Å². The maximum atomic E-state index is 12.3. The smallest absolute Gasteiger partial charge is 0.223 e. The van der Waals surface area contributed by atoms with E-state index in [1.807, 2.05) is 11.8 Å². The standard InChI is InChI=1S/C13H24N2O2/c1-10-9-17-11(2)8-15(10)13(16)7-12-3-5-14-6-4-12/h10-12,14H,3-9H2,1-2H3. The van der Waals surface area contributed by atoms with Crippen LogP contribution in [0.2, 0.25) is 0 Å². The Morgan fingerprint density at radius 3 is 2.76 bits per heavy atom. The Labute approximate surface area is 104 Å². The summed E-state index contributed by atoms with van der Waals surface area (Å²) in [6.45, 7) is 7.67. The lowest BCUT2D eigenvalue weighted by Crippen LogP contribution is -2.50. The highest BCUT2D eigenvalue weighted by atomic mass is 16.5. The zero-order chi connectivity index (χ0) is 12.3. The topological polar surface area (TPSA) is 41.6 Å². The van der Waals surface area contributed by atoms with Gasteiger partial charge < -0.3 is 15.0 Å². The van der Waals surface area contributed by atoms with Crippen LogP contribution in [0, 0.1) is 5.92 Å². The number of nitrogens with one attached hydrogen (secondary N) is 1. The van der Waals surface area contributed by atoms with E-state index in [4.69, 9.17) is 4.74 Å². The first-order valence-electron chi connectivity index (χ1n) is 6.78. The first kappa shape index (κ1) is 12.8. The van der Waals surface area contributed by atoms with Crippen molar-refractivity contribution in [2.24, 2.45) is 5.92 Å². The van der Waals surface area contributed by atoms with Crippen molar-refractivity contribution in [1.29, 1.82) is 0 Å². The van der Waals surface area contributed by atoms with Crippen LogP contribution in [-0.4, -0.2) is 49.2 Å². The van der Waals surface area contributed by atoms with Gasteiger partial charge in [-0.1, -0.05) is 0 Å². The molecule has 1 N–H and O–H groups in total. The number of piperidine rings is 1. The van der Waals surface area contributed by atoms with Crippen molar-refractivity contribution >= 4 is 5.91 Å². The Morgan fingerprint density at radius 1 is 1.35 bits per heavy atom. The number of hydrogen-bond acceptors (Lipinski definition) is 3. The lowest BCUT2D eigenvalue weighted by atomic mass is 9.93. The van der Waals surface area contributed by atoms with Crippen molar-refractivity contribution in [2.75, 3.05) is 26.2 Å². The Hall–Kier alpha value is -0.610. The van der Waals surface area contributed by atoms with Crippen LogP contribution in [0.5, 0.6) is 0 Å². The molecule has 0 aromatic rings. The lowest BCUT2D eigenvalue weighted by Gasteiger charge is -2.37. The molecule has 98 valence electrons. The van der Waals surface area contributed by atoms with Crippen molar-refractivity contribution in [2.45, 2.75) is 45.3 Å². The van der Waals surface area contributed by atoms with Crippen LogP contribution in [0.4, 0.5) is 0 Å². The van der Waals surface area contributed by atoms with Gasteiger partial charge in [0.25, 0.3) is 0 Å². The summed E-state index contributed by atoms with van der Waals surface area (Å²) in [5, 5.41) is 3.34. The van der Waals surface area contributed by atoms with Gasteiger partial charge in [-0.15, -0.1) is 0 Å². The van der Waals surface area contributed by atoms with Gasteiger partial charge in [-0.05, 0) is 45.7 Å². The van der Waals surface area contributed by atoms with Gasteiger partial charge in [0, 0.05) is 13.0 Å². The molecule has 4 heteroatoms. The number of rotatable bonds is 2. The highest BCUT2D eigenvalue weighted by Crippen LogP contribution is 2.20. The maximum absolute atomic E-state index is 12.3. The molecule has 2 rings (SSSR count). The molecule has 2 saturated heterocycles. The monoisotopic (exact) mass is 240 g/mol. The molecule has 2 heterocycles. The third-order valence-corrected chi connectivity index (χ3v) is 3.85. The number of morpholine rings is 1. The summed E-state index contributed by atoms with van der Waals surface area (Å²) in [4.78, 5) is 14.3. The number of ether oxygens (including phenoxy) is 1. The van der Waals surface area contributed by atoms with Crippen LogP contribution < -0.4 is 5.32 Å². The molecule has 2 unspecified atom stereocenters. The second-order valence-electron chi connectivity index (χ2n) is 5.44. The molecular formula is C13H24N2O2. The van der Waals surface area contributed by atoms with E-state index in [0.29, 0.717) is 18.4 Å². The van der Waals surface area contributed by atoms with E-state index in [0.717, 1.165) is 38.9 Å². The SMILES string of the molecule is CC1CN(C(=O)CC2CCNCC2)C(C)CO1. The number of hydrogen-bond donors (Lipinski definition) is 1. The van der Waals surface area contributed by atoms with Crippen LogP contribution in [0.3, 0.4) is 0 Å². The van der Waals surface area contributed by atoms with Crippen molar-refractivity contribution in [1.82, 2.24) is 10.2 Å². The highest BCUT2D eigenvalue weighted by Gasteiger charge is 2.29. The van der Waals surface area contributed by atoms with E-state index in [1.165, 1.54) is 0 Å². The molecule has 0 aromatic heterocycles. The fraction of sp³-hybridized carbons (Fsp3) is 0.923. The number of nitrogens with zero attached hydrogens (tertiary/aromatic N) is 1. The Balaban J connectivity index is 1.85. The van der Waals surface area contributed by atoms with Gasteiger partial charge in [0.15, 0.2) is 0 Å². The summed E-state index contributed by atoms with van der Waals surface area (Å²) in [6, 6.07) is 0.236. The Bertz CT molecular complexity index is 264. The molecule has 2 aliphatic heterocycles. The Kier molecular flexibility index (Phi) is 4.40. The maximum Gasteiger partial charge on any atom is 0.223 e. The zero-order valence-electron chi connectivity index (χ0n) is 10.9. The molecule has 4 nitrogen and oxygen atoms in total. The van der Waals surface area contributed by atoms with Gasteiger partial charge in [0.05, 0.1) is 18.8 Å². The summed E-state index contributed by atoms with van der Waals surface area (Å²) < 4.78 is 5.56. The summed E-state index contributed by atoms with van der Waals surface area (Å²) in [6.07, 6.45) is 3.18. The van der Waals surface area contributed by atoms with E-state index in [9.17, 15) is 4.79 Å². The van der Waals surface area contributed by atoms with Crippen molar-refractivity contribution < 1.29 is 9.53 Å². The van der Waals surface area contributed by atoms with Crippen molar-refractivity contribution in [3.8, 4) is 0 Å². The minimum Gasteiger partial charge on any atom is -0.375 e. The molecule has 0 saturated carbocycles. The predicted molar refractivity (Wildman–Crippen MR) is 66.8 cm³/mol. The molecule has 0 spiro atoms.